The van der Waals surface area contributed by atoms with Crippen molar-refractivity contribution in [2.24, 2.45) is 0 Å². The minimum Gasteiger partial charge on any atom is -0.426 e. The van der Waals surface area contributed by atoms with Crippen LogP contribution in [0, 0.1) is 0 Å². The molecule has 0 radical (unpaired) electrons. The number of nitrogens with zero attached hydrogens (tertiary/aromatic N) is 1. The molecule has 0 saturated carbocycles. The fourth-order valence-corrected chi connectivity index (χ4v) is 1.00. The summed E-state index contributed by atoms with van der Waals surface area (Å²) in [5.41, 5.74) is -0.231. The molecule has 0 unspecified atom stereocenters. The molecule has 4 heteroatoms. The fraction of sp³-hybridized carbons (Fsp3) is 0. The molecular weight excluding hydrogens is 180 g/mol. The lowest BCUT2D eigenvalue weighted by atomic mass is 10.3. The quantitative estimate of drug-likeness (QED) is 0.778. The van der Waals surface area contributed by atoms with Gasteiger partial charge in [-0.25, -0.2) is 4.98 Å². The van der Waals surface area contributed by atoms with Gasteiger partial charge in [0, 0.05) is 12.3 Å². The first-order valence-corrected chi connectivity index (χ1v) is 4.13. The molecule has 0 spiro atoms. The smallest absolute Gasteiger partial charge is 0.301 e. The van der Waals surface area contributed by atoms with Gasteiger partial charge in [0.25, 0.3) is 5.56 Å². The van der Waals surface area contributed by atoms with E-state index in [1.807, 2.05) is 18.2 Å². The van der Waals surface area contributed by atoms with Crippen LogP contribution in [0.15, 0.2) is 47.4 Å². The summed E-state index contributed by atoms with van der Waals surface area (Å²) in [5, 5.41) is 0. The van der Waals surface area contributed by atoms with Crippen LogP contribution in [-0.2, 0) is 0 Å². The van der Waals surface area contributed by atoms with E-state index in [4.69, 9.17) is 4.74 Å². The first kappa shape index (κ1) is 8.50. The maximum Gasteiger partial charge on any atom is 0.301 e. The van der Waals surface area contributed by atoms with Gasteiger partial charge in [0.1, 0.15) is 5.75 Å². The van der Waals surface area contributed by atoms with Gasteiger partial charge in [0.15, 0.2) is 0 Å². The van der Waals surface area contributed by atoms with Crippen molar-refractivity contribution in [1.82, 2.24) is 9.97 Å². The Labute approximate surface area is 80.2 Å². The molecule has 1 aromatic heterocycles. The molecule has 0 aliphatic rings. The van der Waals surface area contributed by atoms with Gasteiger partial charge in [-0.1, -0.05) is 18.2 Å². The Balaban J connectivity index is 2.24. The Morgan fingerprint density at radius 2 is 1.93 bits per heavy atom. The average molecular weight is 188 g/mol. The van der Waals surface area contributed by atoms with Gasteiger partial charge in [0.05, 0.1) is 0 Å². The summed E-state index contributed by atoms with van der Waals surface area (Å²) in [6.45, 7) is 0. The van der Waals surface area contributed by atoms with Crippen molar-refractivity contribution in [3.8, 4) is 11.8 Å². The first-order chi connectivity index (χ1) is 6.84. The summed E-state index contributed by atoms with van der Waals surface area (Å²) in [6.07, 6.45) is 1.40. The lowest BCUT2D eigenvalue weighted by molar-refractivity contribution is 0.440. The number of hydrogen-bond acceptors (Lipinski definition) is 3. The van der Waals surface area contributed by atoms with E-state index in [0.717, 1.165) is 0 Å². The van der Waals surface area contributed by atoms with Crippen molar-refractivity contribution in [2.75, 3.05) is 0 Å². The largest absolute Gasteiger partial charge is 0.426 e. The van der Waals surface area contributed by atoms with E-state index < -0.39 is 0 Å². The molecule has 0 fully saturated rings. The van der Waals surface area contributed by atoms with Gasteiger partial charge < -0.3 is 4.74 Å². The summed E-state index contributed by atoms with van der Waals surface area (Å²) in [4.78, 5) is 17.2. The van der Waals surface area contributed by atoms with Crippen LogP contribution in [-0.4, -0.2) is 9.97 Å². The van der Waals surface area contributed by atoms with E-state index in [1.165, 1.54) is 12.3 Å². The molecule has 0 aliphatic heterocycles. The highest BCUT2D eigenvalue weighted by Gasteiger charge is 1.96. The molecule has 1 aromatic carbocycles. The second-order valence-corrected chi connectivity index (χ2v) is 2.65. The minimum atomic E-state index is -0.231. The molecule has 1 N–H and O–H groups in total. The van der Waals surface area contributed by atoms with Crippen molar-refractivity contribution < 1.29 is 4.74 Å². The Hall–Kier alpha value is -2.10. The summed E-state index contributed by atoms with van der Waals surface area (Å²) in [5.74, 6) is 0.641. The van der Waals surface area contributed by atoms with Crippen LogP contribution in [0.5, 0.6) is 11.8 Å². The van der Waals surface area contributed by atoms with Gasteiger partial charge in [-0.15, -0.1) is 0 Å². The van der Waals surface area contributed by atoms with Gasteiger partial charge in [-0.05, 0) is 12.1 Å². The number of aromatic nitrogens is 2. The zero-order valence-corrected chi connectivity index (χ0v) is 7.31. The molecule has 14 heavy (non-hydrogen) atoms. The third-order valence-electron chi connectivity index (χ3n) is 1.61. The Morgan fingerprint density at radius 3 is 2.64 bits per heavy atom. The van der Waals surface area contributed by atoms with Crippen LogP contribution in [0.2, 0.25) is 0 Å². The SMILES string of the molecule is O=c1ccnc(Oc2ccccc2)[nH]1. The molecule has 2 aromatic rings. The number of ether oxygens (including phenoxy) is 1. The molecule has 0 saturated heterocycles. The van der Waals surface area contributed by atoms with Gasteiger partial charge in [-0.3, -0.25) is 9.78 Å². The zero-order valence-electron chi connectivity index (χ0n) is 7.31. The van der Waals surface area contributed by atoms with Crippen molar-refractivity contribution in [3.05, 3.63) is 52.9 Å². The van der Waals surface area contributed by atoms with E-state index in [-0.39, 0.29) is 11.6 Å². The number of hydrogen-bond donors (Lipinski definition) is 1. The number of para-hydroxylation sites is 1. The van der Waals surface area contributed by atoms with Crippen molar-refractivity contribution >= 4 is 0 Å². The molecule has 0 amide bonds. The fourth-order valence-electron chi connectivity index (χ4n) is 1.00. The highest BCUT2D eigenvalue weighted by Crippen LogP contribution is 2.14. The van der Waals surface area contributed by atoms with E-state index in [2.05, 4.69) is 9.97 Å². The van der Waals surface area contributed by atoms with Crippen LogP contribution >= 0.6 is 0 Å². The second-order valence-electron chi connectivity index (χ2n) is 2.65. The Morgan fingerprint density at radius 1 is 1.14 bits per heavy atom. The topological polar surface area (TPSA) is 55.0 Å². The third kappa shape index (κ3) is 1.98. The summed E-state index contributed by atoms with van der Waals surface area (Å²) in [7, 11) is 0. The monoisotopic (exact) mass is 188 g/mol. The number of rotatable bonds is 2. The Bertz CT molecular complexity index is 465. The molecule has 1 heterocycles. The normalized spacial score (nSPS) is 9.71. The van der Waals surface area contributed by atoms with Crippen LogP contribution in [0.1, 0.15) is 0 Å². The first-order valence-electron chi connectivity index (χ1n) is 4.13. The van der Waals surface area contributed by atoms with Gasteiger partial charge >= 0.3 is 6.01 Å². The molecule has 4 nitrogen and oxygen atoms in total. The molecule has 0 atom stereocenters. The van der Waals surface area contributed by atoms with Gasteiger partial charge in [0.2, 0.25) is 0 Å². The van der Waals surface area contributed by atoms with Crippen molar-refractivity contribution in [1.29, 1.82) is 0 Å². The standard InChI is InChI=1S/C10H8N2O2/c13-9-6-7-11-10(12-9)14-8-4-2-1-3-5-8/h1-7H,(H,11,12,13). The number of H-pyrrole nitrogens is 1. The van der Waals surface area contributed by atoms with E-state index in [0.29, 0.717) is 5.75 Å². The molecule has 0 aliphatic carbocycles. The minimum absolute atomic E-state index is 0.198. The second kappa shape index (κ2) is 3.74. The molecule has 0 bridgehead atoms. The van der Waals surface area contributed by atoms with Crippen LogP contribution in [0.4, 0.5) is 0 Å². The van der Waals surface area contributed by atoms with Gasteiger partial charge in [-0.2, -0.15) is 0 Å². The van der Waals surface area contributed by atoms with E-state index in [1.54, 1.807) is 12.1 Å². The van der Waals surface area contributed by atoms with Crippen LogP contribution in [0.3, 0.4) is 0 Å². The molecule has 70 valence electrons. The Kier molecular flexibility index (Phi) is 2.27. The average Bonchev–Trinajstić information content (AvgIpc) is 2.19. The highest BCUT2D eigenvalue weighted by molar-refractivity contribution is 5.23. The summed E-state index contributed by atoms with van der Waals surface area (Å²) >= 11 is 0. The summed E-state index contributed by atoms with van der Waals surface area (Å²) in [6, 6.07) is 10.7. The lowest BCUT2D eigenvalue weighted by Crippen LogP contribution is -2.05. The third-order valence-corrected chi connectivity index (χ3v) is 1.61. The predicted octanol–water partition coefficient (Wildman–Crippen LogP) is 1.56. The maximum absolute atomic E-state index is 10.9. The molecular formula is C10H8N2O2. The summed E-state index contributed by atoms with van der Waals surface area (Å²) < 4.78 is 5.29. The van der Waals surface area contributed by atoms with E-state index >= 15 is 0 Å². The zero-order chi connectivity index (χ0) is 9.80. The maximum atomic E-state index is 10.9. The number of aromatic amines is 1. The van der Waals surface area contributed by atoms with E-state index in [9.17, 15) is 4.79 Å². The predicted molar refractivity (Wildman–Crippen MR) is 51.4 cm³/mol. The number of benzene rings is 1. The van der Waals surface area contributed by atoms with Crippen molar-refractivity contribution in [3.63, 3.8) is 0 Å². The van der Waals surface area contributed by atoms with Crippen molar-refractivity contribution in [2.45, 2.75) is 0 Å². The van der Waals surface area contributed by atoms with Crippen LogP contribution in [0.25, 0.3) is 0 Å². The molecule has 2 rings (SSSR count). The lowest BCUT2D eigenvalue weighted by Gasteiger charge is -2.01. The van der Waals surface area contributed by atoms with Crippen LogP contribution < -0.4 is 10.3 Å². The highest BCUT2D eigenvalue weighted by atomic mass is 16.5. The number of nitrogens with one attached hydrogen (secondary N) is 1.